The quantitative estimate of drug-likeness (QED) is 0.0281. The lowest BCUT2D eigenvalue weighted by molar-refractivity contribution is -0.887. The smallest absolute Gasteiger partial charge is 0.362 e. The van der Waals surface area contributed by atoms with Crippen molar-refractivity contribution >= 4 is 17.9 Å². The molecule has 0 spiro atoms. The maximum Gasteiger partial charge on any atom is 0.362 e. The van der Waals surface area contributed by atoms with Gasteiger partial charge in [0.2, 0.25) is 0 Å². The summed E-state index contributed by atoms with van der Waals surface area (Å²) in [5.41, 5.74) is 0. The molecule has 0 saturated carbocycles. The predicted molar refractivity (Wildman–Crippen MR) is 262 cm³/mol. The van der Waals surface area contributed by atoms with Crippen molar-refractivity contribution in [3.8, 4) is 0 Å². The molecule has 0 rings (SSSR count). The molecule has 0 aromatic carbocycles. The molecule has 364 valence electrons. The molecule has 8 heteroatoms. The van der Waals surface area contributed by atoms with Crippen LogP contribution in [0.3, 0.4) is 0 Å². The molecule has 0 saturated heterocycles. The van der Waals surface area contributed by atoms with Gasteiger partial charge in [-0.05, 0) is 44.9 Å². The summed E-state index contributed by atoms with van der Waals surface area (Å²) >= 11 is 0. The van der Waals surface area contributed by atoms with Gasteiger partial charge in [-0.3, -0.25) is 9.59 Å². The zero-order valence-electron chi connectivity index (χ0n) is 41.6. The third-order valence-corrected chi connectivity index (χ3v) is 12.1. The van der Waals surface area contributed by atoms with E-state index in [9.17, 15) is 19.5 Å². The van der Waals surface area contributed by atoms with Gasteiger partial charge in [0.05, 0.1) is 34.4 Å². The summed E-state index contributed by atoms with van der Waals surface area (Å²) in [6, 6.07) is -0.614. The van der Waals surface area contributed by atoms with Crippen LogP contribution in [-0.4, -0.2) is 80.6 Å². The second-order valence-electron chi connectivity index (χ2n) is 19.1. The van der Waals surface area contributed by atoms with Crippen LogP contribution >= 0.6 is 0 Å². The van der Waals surface area contributed by atoms with Gasteiger partial charge in [0.1, 0.15) is 6.61 Å². The normalized spacial score (nSPS) is 13.0. The Morgan fingerprint density at radius 1 is 0.484 bits per heavy atom. The number of esters is 2. The number of carbonyl (C=O) groups is 3. The van der Waals surface area contributed by atoms with Crippen molar-refractivity contribution in [2.24, 2.45) is 0 Å². The molecule has 1 N–H and O–H groups in total. The van der Waals surface area contributed by atoms with E-state index in [4.69, 9.17) is 14.2 Å². The molecular weight excluding hydrogens is 775 g/mol. The van der Waals surface area contributed by atoms with E-state index >= 15 is 0 Å². The fourth-order valence-electron chi connectivity index (χ4n) is 8.01. The monoisotopic (exact) mass is 877 g/mol. The van der Waals surface area contributed by atoms with E-state index in [2.05, 4.69) is 38.2 Å². The van der Waals surface area contributed by atoms with Crippen LogP contribution in [0.15, 0.2) is 24.3 Å². The minimum atomic E-state index is -0.873. The van der Waals surface area contributed by atoms with Gasteiger partial charge in [0.25, 0.3) is 0 Å². The van der Waals surface area contributed by atoms with Gasteiger partial charge in [0, 0.05) is 19.3 Å². The molecule has 2 atom stereocenters. The Balaban J connectivity index is 4.21. The van der Waals surface area contributed by atoms with Crippen molar-refractivity contribution in [1.29, 1.82) is 0 Å². The van der Waals surface area contributed by atoms with Crippen LogP contribution in [0.5, 0.6) is 0 Å². The number of carbonyl (C=O) groups excluding carboxylic acids is 2. The highest BCUT2D eigenvalue weighted by molar-refractivity contribution is 5.72. The van der Waals surface area contributed by atoms with Crippen molar-refractivity contribution in [2.75, 3.05) is 41.0 Å². The Bertz CT molecular complexity index is 1070. The fourth-order valence-corrected chi connectivity index (χ4v) is 8.01. The van der Waals surface area contributed by atoms with Crippen LogP contribution in [0.2, 0.25) is 0 Å². The van der Waals surface area contributed by atoms with Crippen LogP contribution in [0.1, 0.15) is 251 Å². The summed E-state index contributed by atoms with van der Waals surface area (Å²) in [6.45, 7) is 4.77. The topological polar surface area (TPSA) is 99.1 Å². The molecule has 0 aliphatic carbocycles. The first-order valence-electron chi connectivity index (χ1n) is 26.4. The first kappa shape index (κ1) is 59.8. The minimum Gasteiger partial charge on any atom is -0.477 e. The van der Waals surface area contributed by atoms with Crippen molar-refractivity contribution in [3.05, 3.63) is 24.3 Å². The summed E-state index contributed by atoms with van der Waals surface area (Å²) in [6.07, 6.45) is 52.3. The van der Waals surface area contributed by atoms with Crippen LogP contribution < -0.4 is 0 Å². The van der Waals surface area contributed by atoms with Crippen LogP contribution in [0.4, 0.5) is 0 Å². The van der Waals surface area contributed by atoms with E-state index in [1.165, 1.54) is 167 Å². The number of hydrogen-bond donors (Lipinski definition) is 1. The van der Waals surface area contributed by atoms with Gasteiger partial charge in [-0.2, -0.15) is 0 Å². The summed E-state index contributed by atoms with van der Waals surface area (Å²) in [7, 11) is 5.54. The first-order valence-corrected chi connectivity index (χ1v) is 26.4. The summed E-state index contributed by atoms with van der Waals surface area (Å²) in [5, 5.41) is 9.65. The molecule has 0 aliphatic heterocycles. The molecule has 0 aromatic heterocycles. The average molecular weight is 877 g/mol. The van der Waals surface area contributed by atoms with Gasteiger partial charge < -0.3 is 23.8 Å². The number of allylic oxidation sites excluding steroid dienone is 4. The first-order chi connectivity index (χ1) is 30.1. The number of likely N-dealkylation sites (N-methyl/N-ethyl adjacent to an activating group) is 1. The molecule has 0 radical (unpaired) electrons. The van der Waals surface area contributed by atoms with E-state index < -0.39 is 18.1 Å². The zero-order chi connectivity index (χ0) is 45.6. The third kappa shape index (κ3) is 43.1. The van der Waals surface area contributed by atoms with Gasteiger partial charge in [-0.1, -0.05) is 212 Å². The molecule has 0 bridgehead atoms. The second kappa shape index (κ2) is 45.4. The zero-order valence-corrected chi connectivity index (χ0v) is 41.6. The molecule has 62 heavy (non-hydrogen) atoms. The molecule has 2 unspecified atom stereocenters. The standard InChI is InChI=1S/C54H101NO7/c1-6-8-10-12-14-16-18-20-22-23-24-25-26-27-28-29-31-33-35-37-39-41-43-45-53(57)62-50(48-60-47-46-51(54(58)59)55(3,4)5)49-61-52(56)44-42-40-38-36-34-32-30-21-19-17-15-13-11-9-7-2/h24-25,27-28,50-51H,6-23,26,29-49H2,1-5H3/p+1/b25-24+,28-27+. The highest BCUT2D eigenvalue weighted by Gasteiger charge is 2.31. The van der Waals surface area contributed by atoms with E-state index in [1.807, 2.05) is 21.1 Å². The Kier molecular flexibility index (Phi) is 43.8. The SMILES string of the molecule is CCCCCCCCCCC/C=C/C/C=C/CCCCCCCCCC(=O)OC(COCCC(C(=O)O)[N+](C)(C)C)COC(=O)CCCCCCCCCCCCCCCCC. The van der Waals surface area contributed by atoms with Crippen LogP contribution in [0.25, 0.3) is 0 Å². The fraction of sp³-hybridized carbons (Fsp3) is 0.870. The molecule has 0 fully saturated rings. The summed E-state index contributed by atoms with van der Waals surface area (Å²) in [4.78, 5) is 37.1. The predicted octanol–water partition coefficient (Wildman–Crippen LogP) is 15.2. The van der Waals surface area contributed by atoms with Crippen molar-refractivity contribution in [2.45, 2.75) is 264 Å². The Morgan fingerprint density at radius 3 is 1.24 bits per heavy atom. The van der Waals surface area contributed by atoms with E-state index in [-0.39, 0.29) is 36.2 Å². The Hall–Kier alpha value is -2.19. The lowest BCUT2D eigenvalue weighted by Gasteiger charge is -2.31. The number of hydrogen-bond acceptors (Lipinski definition) is 6. The van der Waals surface area contributed by atoms with Crippen molar-refractivity contribution in [1.82, 2.24) is 0 Å². The lowest BCUT2D eigenvalue weighted by Crippen LogP contribution is -2.50. The molecule has 0 heterocycles. The van der Waals surface area contributed by atoms with Gasteiger partial charge in [0.15, 0.2) is 12.1 Å². The summed E-state index contributed by atoms with van der Waals surface area (Å²) in [5.74, 6) is -1.46. The van der Waals surface area contributed by atoms with E-state index in [0.717, 1.165) is 51.4 Å². The van der Waals surface area contributed by atoms with E-state index in [1.54, 1.807) is 0 Å². The van der Waals surface area contributed by atoms with Gasteiger partial charge >= 0.3 is 17.9 Å². The molecule has 0 aliphatic rings. The number of unbranched alkanes of at least 4 members (excludes halogenated alkanes) is 30. The average Bonchev–Trinajstić information content (AvgIpc) is 3.23. The molecular formula is C54H102NO7+. The van der Waals surface area contributed by atoms with Crippen molar-refractivity contribution < 1.29 is 38.2 Å². The summed E-state index contributed by atoms with van der Waals surface area (Å²) < 4.78 is 17.4. The highest BCUT2D eigenvalue weighted by atomic mass is 16.6. The lowest BCUT2D eigenvalue weighted by atomic mass is 10.0. The van der Waals surface area contributed by atoms with E-state index in [0.29, 0.717) is 19.3 Å². The van der Waals surface area contributed by atoms with Crippen LogP contribution in [-0.2, 0) is 28.6 Å². The van der Waals surface area contributed by atoms with Crippen LogP contribution in [0, 0.1) is 0 Å². The molecule has 0 aromatic rings. The Labute approximate surface area is 383 Å². The van der Waals surface area contributed by atoms with Gasteiger partial charge in [-0.15, -0.1) is 0 Å². The third-order valence-electron chi connectivity index (χ3n) is 12.1. The number of rotatable bonds is 48. The maximum atomic E-state index is 12.8. The number of ether oxygens (including phenoxy) is 3. The van der Waals surface area contributed by atoms with Gasteiger partial charge in [-0.25, -0.2) is 4.79 Å². The highest BCUT2D eigenvalue weighted by Crippen LogP contribution is 2.16. The number of nitrogens with zero attached hydrogens (tertiary/aromatic N) is 1. The minimum absolute atomic E-state index is 0.0493. The number of carboxylic acid groups (broad SMARTS) is 1. The molecule has 0 amide bonds. The number of quaternary nitrogens is 1. The number of carboxylic acids is 1. The number of aliphatic carboxylic acids is 1. The second-order valence-corrected chi connectivity index (χ2v) is 19.1. The Morgan fingerprint density at radius 2 is 0.855 bits per heavy atom. The molecule has 8 nitrogen and oxygen atoms in total. The largest absolute Gasteiger partial charge is 0.477 e. The van der Waals surface area contributed by atoms with Crippen molar-refractivity contribution in [3.63, 3.8) is 0 Å². The maximum absolute atomic E-state index is 12.8.